The third-order valence-corrected chi connectivity index (χ3v) is 6.34. The zero-order chi connectivity index (χ0) is 14.7. The number of fused-ring (bicyclic) bond motifs is 1. The van der Waals surface area contributed by atoms with Gasteiger partial charge in [-0.3, -0.25) is 0 Å². The minimum atomic E-state index is -0.278. The molecule has 1 atom stereocenters. The van der Waals surface area contributed by atoms with Crippen molar-refractivity contribution in [2.75, 3.05) is 12.4 Å². The Hall–Kier alpha value is -0.190. The van der Waals surface area contributed by atoms with Crippen LogP contribution in [0.4, 0.5) is 0 Å². The van der Waals surface area contributed by atoms with Crippen LogP contribution in [0.5, 0.6) is 5.75 Å². The van der Waals surface area contributed by atoms with E-state index in [4.69, 9.17) is 4.74 Å². The van der Waals surface area contributed by atoms with E-state index < -0.39 is 0 Å². The van der Waals surface area contributed by atoms with Gasteiger partial charge in [0.15, 0.2) is 0 Å². The normalized spacial score (nSPS) is 20.1. The van der Waals surface area contributed by atoms with Gasteiger partial charge in [0, 0.05) is 28.3 Å². The molecule has 0 spiro atoms. The summed E-state index contributed by atoms with van der Waals surface area (Å²) in [5.41, 5.74) is 2.42. The van der Waals surface area contributed by atoms with Crippen molar-refractivity contribution in [3.05, 3.63) is 27.7 Å². The number of hydrogen-bond acceptors (Lipinski definition) is 3. The Balaban J connectivity index is 1.56. The van der Waals surface area contributed by atoms with Gasteiger partial charge in [0.1, 0.15) is 5.75 Å². The SMILES string of the molecule is OC(CSC1CCCCC1)Cc1cc(Br)cc2c1OCC2. The molecule has 1 aromatic carbocycles. The molecular formula is C17H23BrO2S. The van der Waals surface area contributed by atoms with Gasteiger partial charge in [-0.1, -0.05) is 35.2 Å². The van der Waals surface area contributed by atoms with E-state index in [2.05, 4.69) is 28.1 Å². The molecule has 1 aromatic rings. The lowest BCUT2D eigenvalue weighted by atomic mass is 10.0. The molecule has 1 aliphatic carbocycles. The number of rotatable bonds is 5. The van der Waals surface area contributed by atoms with Crippen LogP contribution in [0.1, 0.15) is 43.2 Å². The van der Waals surface area contributed by atoms with Crippen molar-refractivity contribution in [2.45, 2.75) is 56.3 Å². The summed E-state index contributed by atoms with van der Waals surface area (Å²) < 4.78 is 6.83. The highest BCUT2D eigenvalue weighted by atomic mass is 79.9. The van der Waals surface area contributed by atoms with Gasteiger partial charge in [0.25, 0.3) is 0 Å². The molecule has 0 bridgehead atoms. The average Bonchev–Trinajstić information content (AvgIpc) is 2.94. The molecule has 4 heteroatoms. The molecule has 1 N–H and O–H groups in total. The summed E-state index contributed by atoms with van der Waals surface area (Å²) >= 11 is 5.52. The van der Waals surface area contributed by atoms with Crippen molar-refractivity contribution in [1.29, 1.82) is 0 Å². The minimum absolute atomic E-state index is 0.278. The maximum atomic E-state index is 10.4. The van der Waals surface area contributed by atoms with Crippen LogP contribution in [0.3, 0.4) is 0 Å². The zero-order valence-electron chi connectivity index (χ0n) is 12.3. The number of hydrogen-bond donors (Lipinski definition) is 1. The van der Waals surface area contributed by atoms with E-state index in [1.165, 1.54) is 37.7 Å². The largest absolute Gasteiger partial charge is 0.493 e. The smallest absolute Gasteiger partial charge is 0.125 e. The summed E-state index contributed by atoms with van der Waals surface area (Å²) in [7, 11) is 0. The first-order valence-electron chi connectivity index (χ1n) is 7.96. The van der Waals surface area contributed by atoms with Crippen LogP contribution >= 0.6 is 27.7 Å². The summed E-state index contributed by atoms with van der Waals surface area (Å²) in [6.45, 7) is 0.770. The molecule has 0 aromatic heterocycles. The lowest BCUT2D eigenvalue weighted by Crippen LogP contribution is -2.18. The second kappa shape index (κ2) is 7.38. The molecule has 2 nitrogen and oxygen atoms in total. The van der Waals surface area contributed by atoms with Gasteiger partial charge in [0.05, 0.1) is 12.7 Å². The highest BCUT2D eigenvalue weighted by molar-refractivity contribution is 9.10. The molecule has 1 heterocycles. The first kappa shape index (κ1) is 15.7. The van der Waals surface area contributed by atoms with Gasteiger partial charge in [0.2, 0.25) is 0 Å². The Morgan fingerprint density at radius 1 is 1.29 bits per heavy atom. The molecule has 1 fully saturated rings. The standard InChI is InChI=1S/C17H23BrO2S/c18-14-8-12-6-7-20-17(12)13(9-14)10-15(19)11-21-16-4-2-1-3-5-16/h8-9,15-16,19H,1-7,10-11H2. The Morgan fingerprint density at radius 2 is 2.10 bits per heavy atom. The molecule has 0 saturated heterocycles. The van der Waals surface area contributed by atoms with E-state index in [0.717, 1.165) is 39.8 Å². The molecule has 3 rings (SSSR count). The van der Waals surface area contributed by atoms with Gasteiger partial charge < -0.3 is 9.84 Å². The topological polar surface area (TPSA) is 29.5 Å². The third kappa shape index (κ3) is 4.17. The fourth-order valence-corrected chi connectivity index (χ4v) is 5.12. The molecule has 0 radical (unpaired) electrons. The average molecular weight is 371 g/mol. The number of benzene rings is 1. The van der Waals surface area contributed by atoms with Crippen LogP contribution in [-0.4, -0.2) is 28.8 Å². The number of thioether (sulfide) groups is 1. The molecule has 21 heavy (non-hydrogen) atoms. The summed E-state index contributed by atoms with van der Waals surface area (Å²) in [4.78, 5) is 0. The van der Waals surface area contributed by atoms with Crippen molar-refractivity contribution in [3.8, 4) is 5.75 Å². The van der Waals surface area contributed by atoms with Crippen LogP contribution < -0.4 is 4.74 Å². The van der Waals surface area contributed by atoms with E-state index in [-0.39, 0.29) is 6.10 Å². The second-order valence-electron chi connectivity index (χ2n) is 6.10. The van der Waals surface area contributed by atoms with E-state index in [9.17, 15) is 5.11 Å². The van der Waals surface area contributed by atoms with E-state index >= 15 is 0 Å². The number of halogens is 1. The van der Waals surface area contributed by atoms with Crippen molar-refractivity contribution in [1.82, 2.24) is 0 Å². The van der Waals surface area contributed by atoms with E-state index in [0.29, 0.717) is 6.42 Å². The number of ether oxygens (including phenoxy) is 1. The number of aliphatic hydroxyl groups excluding tert-OH is 1. The third-order valence-electron chi connectivity index (χ3n) is 4.36. The summed E-state index contributed by atoms with van der Waals surface area (Å²) in [6.07, 6.45) is 8.16. The highest BCUT2D eigenvalue weighted by Crippen LogP contribution is 2.34. The Labute approximate surface area is 139 Å². The Bertz CT molecular complexity index is 486. The van der Waals surface area contributed by atoms with Crippen molar-refractivity contribution in [2.24, 2.45) is 0 Å². The minimum Gasteiger partial charge on any atom is -0.493 e. The van der Waals surface area contributed by atoms with Crippen LogP contribution in [0.2, 0.25) is 0 Å². The van der Waals surface area contributed by atoms with Crippen molar-refractivity contribution >= 4 is 27.7 Å². The quantitative estimate of drug-likeness (QED) is 0.834. The van der Waals surface area contributed by atoms with Crippen LogP contribution in [0, 0.1) is 0 Å². The monoisotopic (exact) mass is 370 g/mol. The van der Waals surface area contributed by atoms with Crippen LogP contribution in [0.15, 0.2) is 16.6 Å². The predicted molar refractivity (Wildman–Crippen MR) is 92.4 cm³/mol. The Morgan fingerprint density at radius 3 is 2.90 bits per heavy atom. The van der Waals surface area contributed by atoms with Crippen LogP contribution in [0.25, 0.3) is 0 Å². The van der Waals surface area contributed by atoms with Gasteiger partial charge >= 0.3 is 0 Å². The molecule has 1 unspecified atom stereocenters. The second-order valence-corrected chi connectivity index (χ2v) is 8.35. The van der Waals surface area contributed by atoms with Crippen molar-refractivity contribution < 1.29 is 9.84 Å². The first-order chi connectivity index (χ1) is 10.2. The van der Waals surface area contributed by atoms with Gasteiger partial charge in [-0.15, -0.1) is 0 Å². The summed E-state index contributed by atoms with van der Waals surface area (Å²) in [5, 5.41) is 11.1. The lowest BCUT2D eigenvalue weighted by molar-refractivity contribution is 0.198. The fraction of sp³-hybridized carbons (Fsp3) is 0.647. The summed E-state index contributed by atoms with van der Waals surface area (Å²) in [6, 6.07) is 4.23. The molecular weight excluding hydrogens is 348 g/mol. The zero-order valence-corrected chi connectivity index (χ0v) is 14.7. The summed E-state index contributed by atoms with van der Waals surface area (Å²) in [5.74, 6) is 1.85. The predicted octanol–water partition coefficient (Wildman–Crippen LogP) is 4.35. The molecule has 116 valence electrons. The van der Waals surface area contributed by atoms with Crippen LogP contribution in [-0.2, 0) is 12.8 Å². The maximum Gasteiger partial charge on any atom is 0.125 e. The first-order valence-corrected chi connectivity index (χ1v) is 9.80. The number of aliphatic hydroxyl groups is 1. The fourth-order valence-electron chi connectivity index (χ4n) is 3.29. The maximum absolute atomic E-state index is 10.4. The van der Waals surface area contributed by atoms with Crippen molar-refractivity contribution in [3.63, 3.8) is 0 Å². The van der Waals surface area contributed by atoms with E-state index in [1.54, 1.807) is 0 Å². The molecule has 1 aliphatic heterocycles. The van der Waals surface area contributed by atoms with Gasteiger partial charge in [-0.2, -0.15) is 11.8 Å². The Kier molecular flexibility index (Phi) is 5.52. The van der Waals surface area contributed by atoms with Gasteiger partial charge in [-0.05, 0) is 36.1 Å². The molecule has 1 saturated carbocycles. The lowest BCUT2D eigenvalue weighted by Gasteiger charge is -2.22. The molecule has 2 aliphatic rings. The van der Waals surface area contributed by atoms with E-state index in [1.807, 2.05) is 11.8 Å². The molecule has 0 amide bonds. The highest BCUT2D eigenvalue weighted by Gasteiger charge is 2.21. The van der Waals surface area contributed by atoms with Gasteiger partial charge in [-0.25, -0.2) is 0 Å².